The first-order valence-electron chi connectivity index (χ1n) is 25.6. The van der Waals surface area contributed by atoms with E-state index in [2.05, 4.69) is 201 Å². The summed E-state index contributed by atoms with van der Waals surface area (Å²) < 4.78 is 22.8. The Morgan fingerprint density at radius 3 is 1.25 bits per heavy atom. The van der Waals surface area contributed by atoms with Gasteiger partial charge in [0.2, 0.25) is 0 Å². The number of nitrogens with one attached hydrogen (secondary N) is 1. The number of hydrogen-bond donors (Lipinski definition) is 2. The Hall–Kier alpha value is -2.00. The molecule has 0 radical (unpaired) electrons. The van der Waals surface area contributed by atoms with Crippen molar-refractivity contribution in [3.05, 3.63) is 191 Å². The van der Waals surface area contributed by atoms with Gasteiger partial charge in [0, 0.05) is 81.1 Å². The number of rotatable bonds is 14. The Balaban J connectivity index is 0.00000106. The number of nitrogens with zero attached hydrogens (tertiary/aromatic N) is 4. The third-order valence-electron chi connectivity index (χ3n) is 13.4. The molecular weight excluding hydrogens is 1750 g/mol. The standard InChI is InChI=1S/C19H22N2O4.C19H24N2O2.C11H15N.C8H8BrNO2.CH2I2.CH3I.2CH4.ClH.2HI.V/c1-24-18-11-15-8-10-20(13-16(15)12-19(18)25-2)9-7-14-3-5-17(6-4-14)21(22)23;1-22-18-11-15-8-10-21(13-16(15)12-19(18)23-2)9-7-14-3-5-17(20)6-4-14;1-8-5-10-3-4-12-7-11(10)6-9(8)2;9-6-5-7-1-3-8(4-2-7)10(11)12;2-1-3;1-2;;;;;;/h3-6,11-12H,7-10,13H2,1-2H3;3-6,11-12H,7-10,13,20H2,1-2H3;5-6,12H,3-4,7H2,1-2H3;1-4H,5-6H2;1H2;1H3;2*1H4;3*1H;/q;;;;;;;;;;;+2/p-2. The van der Waals surface area contributed by atoms with Gasteiger partial charge in [-0.3, -0.25) is 30.0 Å². The molecule has 0 spiro atoms. The van der Waals surface area contributed by atoms with Crippen LogP contribution in [0.4, 0.5) is 17.1 Å². The van der Waals surface area contributed by atoms with E-state index in [0.717, 1.165) is 130 Å². The second-order valence-corrected chi connectivity index (χ2v) is 35.4. The van der Waals surface area contributed by atoms with Crippen LogP contribution in [0, 0.1) is 34.1 Å². The van der Waals surface area contributed by atoms with E-state index in [0.29, 0.717) is 9.47 Å². The summed E-state index contributed by atoms with van der Waals surface area (Å²) in [5.74, 6) is 3.17. The van der Waals surface area contributed by atoms with Gasteiger partial charge in [-0.05, 0) is 161 Å². The Morgan fingerprint density at radius 2 is 0.904 bits per heavy atom. The number of nitro groups is 2. The molecule has 0 aromatic heterocycles. The van der Waals surface area contributed by atoms with E-state index < -0.39 is 4.92 Å². The molecule has 22 heteroatoms. The molecule has 0 saturated heterocycles. The zero-order valence-corrected chi connectivity index (χ0v) is 61.5. The molecule has 459 valence electrons. The van der Waals surface area contributed by atoms with Gasteiger partial charge < -0.3 is 30.0 Å². The monoisotopic (exact) mass is 1830 g/mol. The third-order valence-corrected chi connectivity index (χ3v) is 13.8. The number of fused-ring (bicyclic) bond motifs is 3. The number of aryl methyl sites for hydroxylation is 3. The molecule has 0 atom stereocenters. The number of non-ortho nitro benzene ring substituents is 2. The van der Waals surface area contributed by atoms with Crippen molar-refractivity contribution in [2.24, 2.45) is 0 Å². The molecule has 83 heavy (non-hydrogen) atoms. The van der Waals surface area contributed by atoms with Gasteiger partial charge >= 0.3 is 49.4 Å². The second kappa shape index (κ2) is 46.2. The molecule has 0 saturated carbocycles. The maximum absolute atomic E-state index is 10.7. The summed E-state index contributed by atoms with van der Waals surface area (Å²) in [6, 6.07) is 34.6. The number of nitrogens with two attached hydrogens (primary N) is 1. The molecule has 3 N–H and O–H groups in total. The Kier molecular flexibility index (Phi) is 45.1. The van der Waals surface area contributed by atoms with Gasteiger partial charge in [0.05, 0.1) is 40.7 Å². The number of alkyl halides is 4. The number of methoxy groups -OCH3 is 4. The van der Waals surface area contributed by atoms with Crippen LogP contribution < -0.4 is 30.0 Å². The van der Waals surface area contributed by atoms with Crippen LogP contribution in [0.25, 0.3) is 0 Å². The van der Waals surface area contributed by atoms with Crippen molar-refractivity contribution in [1.29, 1.82) is 0 Å². The molecule has 6 aromatic carbocycles. The summed E-state index contributed by atoms with van der Waals surface area (Å²) in [7, 11) is 7.31. The molecule has 0 fully saturated rings. The van der Waals surface area contributed by atoms with E-state index in [4.69, 9.17) is 24.7 Å². The minimum atomic E-state index is -0.391. The summed E-state index contributed by atoms with van der Waals surface area (Å²) in [6.45, 7) is 12.5. The number of anilines is 1. The van der Waals surface area contributed by atoms with Crippen molar-refractivity contribution >= 4 is 153 Å². The van der Waals surface area contributed by atoms with Gasteiger partial charge in [0.15, 0.2) is 23.0 Å². The van der Waals surface area contributed by atoms with Gasteiger partial charge in [-0.1, -0.05) is 147 Å². The summed E-state index contributed by atoms with van der Waals surface area (Å²) in [5.41, 5.74) is 21.6. The third kappa shape index (κ3) is 28.8. The van der Waals surface area contributed by atoms with Crippen molar-refractivity contribution in [2.75, 3.05) is 79.6 Å². The molecule has 14 nitrogen and oxygen atoms in total. The first-order valence-corrected chi connectivity index (χ1v) is 41.0. The molecule has 0 unspecified atom stereocenters. The number of benzene rings is 6. The van der Waals surface area contributed by atoms with E-state index in [-0.39, 0.29) is 43.6 Å². The molecule has 3 aliphatic rings. The molecule has 3 heterocycles. The van der Waals surface area contributed by atoms with Gasteiger partial charge in [-0.15, -0.1) is 12.4 Å². The fraction of sp³-hybridized carbons (Fsp3) is 0.410. The fourth-order valence-electron chi connectivity index (χ4n) is 8.98. The van der Waals surface area contributed by atoms with Crippen LogP contribution in [0.1, 0.15) is 76.1 Å². The number of halogens is 7. The molecule has 3 aliphatic heterocycles. The van der Waals surface area contributed by atoms with Gasteiger partial charge in [-0.2, -0.15) is 0 Å². The molecule has 9 rings (SSSR count). The van der Waals surface area contributed by atoms with E-state index in [1.807, 2.05) is 29.2 Å². The van der Waals surface area contributed by atoms with E-state index in [1.165, 1.54) is 71.1 Å². The first-order chi connectivity index (χ1) is 38.6. The van der Waals surface area contributed by atoms with Crippen molar-refractivity contribution in [3.63, 3.8) is 0 Å². The van der Waals surface area contributed by atoms with Crippen LogP contribution in [0.2, 0.25) is 0 Å². The van der Waals surface area contributed by atoms with Crippen molar-refractivity contribution in [1.82, 2.24) is 15.1 Å². The van der Waals surface area contributed by atoms with Crippen LogP contribution >= 0.6 is 136 Å². The topological polar surface area (TPSA) is 168 Å². The zero-order chi connectivity index (χ0) is 59.0. The summed E-state index contributed by atoms with van der Waals surface area (Å²) in [5, 5.41) is 25.2. The molecule has 0 aliphatic carbocycles. The predicted molar refractivity (Wildman–Crippen MR) is 392 cm³/mol. The van der Waals surface area contributed by atoms with Crippen molar-refractivity contribution < 1.29 is 38.3 Å². The van der Waals surface area contributed by atoms with Gasteiger partial charge in [0.1, 0.15) is 0 Å². The summed E-state index contributed by atoms with van der Waals surface area (Å²) in [6.07, 6.45) is 6.05. The Labute approximate surface area is 579 Å². The van der Waals surface area contributed by atoms with Gasteiger partial charge in [-0.25, -0.2) is 0 Å². The summed E-state index contributed by atoms with van der Waals surface area (Å²) >= 11 is 14.7. The molecular formula is C61H83BrClI5N6O8V. The minimum absolute atomic E-state index is 0. The SMILES string of the molecule is C.C.CI.COc1cc2c(cc1OC)CN(CCc1ccc(N)cc1)CC2.COc1cc2c(cc1OC)CN(CCc1ccc([N+](=O)[O-])cc1)CC2.Cc1cc2c(cc1C)CNCC2.Cl.ICI.O=[N+]([O-])c1ccc(CCBr)cc1.[I][V][I]. The van der Waals surface area contributed by atoms with E-state index in [9.17, 15) is 20.2 Å². The van der Waals surface area contributed by atoms with E-state index in [1.54, 1.807) is 52.7 Å². The number of nitrogen functional groups attached to an aromatic ring is 1. The van der Waals surface area contributed by atoms with E-state index >= 15 is 0 Å². The average molecular weight is 1830 g/mol. The fourth-order valence-corrected chi connectivity index (χ4v) is 9.44. The Morgan fingerprint density at radius 1 is 0.578 bits per heavy atom. The van der Waals surface area contributed by atoms with Crippen LogP contribution in [-0.2, 0) is 67.6 Å². The molecule has 0 bridgehead atoms. The van der Waals surface area contributed by atoms with Crippen molar-refractivity contribution in [3.8, 4) is 23.0 Å². The van der Waals surface area contributed by atoms with Crippen LogP contribution in [0.5, 0.6) is 23.0 Å². The first kappa shape index (κ1) is 81.0. The van der Waals surface area contributed by atoms with Crippen molar-refractivity contribution in [2.45, 2.75) is 86.9 Å². The maximum atomic E-state index is 10.7. The molecule has 0 amide bonds. The zero-order valence-electron chi connectivity index (χ0n) is 47.0. The van der Waals surface area contributed by atoms with Crippen LogP contribution in [-0.4, -0.2) is 93.5 Å². The molecule has 6 aromatic rings. The predicted octanol–water partition coefficient (Wildman–Crippen LogP) is 16.9. The Bertz CT molecular complexity index is 2770. The number of ether oxygens (including phenoxy) is 4. The average Bonchev–Trinajstić information content (AvgIpc) is 3.58. The van der Waals surface area contributed by atoms with Gasteiger partial charge in [0.25, 0.3) is 11.4 Å². The summed E-state index contributed by atoms with van der Waals surface area (Å²) in [4.78, 5) is 27.1. The quantitative estimate of drug-likeness (QED) is 0.0349. The second-order valence-electron chi connectivity index (χ2n) is 18.3. The number of nitro benzene ring substituents is 2. The normalized spacial score (nSPS) is 12.3. The van der Waals surface area contributed by atoms with Crippen LogP contribution in [0.15, 0.2) is 109 Å². The van der Waals surface area contributed by atoms with Crippen LogP contribution in [0.3, 0.4) is 0 Å². The number of hydrogen-bond acceptors (Lipinski definition) is 12.